The van der Waals surface area contributed by atoms with E-state index in [0.717, 1.165) is 49.5 Å². The van der Waals surface area contributed by atoms with Crippen LogP contribution in [0.4, 0.5) is 13.2 Å². The molecular weight excluding hydrogens is 413 g/mol. The van der Waals surface area contributed by atoms with Crippen LogP contribution < -0.4 is 0 Å². The summed E-state index contributed by atoms with van der Waals surface area (Å²) in [5.74, 6) is -1.25. The zero-order valence-electron chi connectivity index (χ0n) is 19.1. The normalized spacial score (nSPS) is 28.1. The van der Waals surface area contributed by atoms with Crippen LogP contribution in [-0.4, -0.2) is 5.97 Å². The quantitative estimate of drug-likeness (QED) is 0.329. The molecule has 0 heterocycles. The van der Waals surface area contributed by atoms with Crippen molar-refractivity contribution in [3.05, 3.63) is 40.4 Å². The van der Waals surface area contributed by atoms with Crippen molar-refractivity contribution in [2.75, 3.05) is 0 Å². The van der Waals surface area contributed by atoms with E-state index in [4.69, 9.17) is 4.74 Å². The minimum atomic E-state index is -1.44. The highest BCUT2D eigenvalue weighted by molar-refractivity contribution is 5.75. The van der Waals surface area contributed by atoms with Gasteiger partial charge >= 0.3 is 5.97 Å². The van der Waals surface area contributed by atoms with Gasteiger partial charge in [-0.2, -0.15) is 0 Å². The second-order valence-corrected chi connectivity index (χ2v) is 10.1. The first-order chi connectivity index (χ1) is 15.5. The number of benzene rings is 1. The summed E-state index contributed by atoms with van der Waals surface area (Å²) in [6.07, 6.45) is 15.3. The first-order valence-electron chi connectivity index (χ1n) is 12.5. The van der Waals surface area contributed by atoms with E-state index in [1.807, 2.05) is 0 Å². The number of unbranched alkanes of at least 4 members (excludes halogenated alkanes) is 1. The maximum atomic E-state index is 13.9. The number of esters is 1. The van der Waals surface area contributed by atoms with E-state index < -0.39 is 17.5 Å². The molecule has 32 heavy (non-hydrogen) atoms. The van der Waals surface area contributed by atoms with Gasteiger partial charge < -0.3 is 4.74 Å². The van der Waals surface area contributed by atoms with Gasteiger partial charge in [0.05, 0.1) is 5.92 Å². The summed E-state index contributed by atoms with van der Waals surface area (Å²) in [4.78, 5) is 12.7. The maximum Gasteiger partial charge on any atom is 0.314 e. The van der Waals surface area contributed by atoms with Gasteiger partial charge in [0, 0.05) is 6.42 Å². The van der Waals surface area contributed by atoms with Crippen LogP contribution in [0.15, 0.2) is 11.8 Å². The average molecular weight is 449 g/mol. The second kappa shape index (κ2) is 10.4. The molecule has 0 amide bonds. The molecule has 5 heteroatoms. The Hall–Kier alpha value is -1.78. The van der Waals surface area contributed by atoms with Gasteiger partial charge in [0.2, 0.25) is 0 Å². The highest BCUT2D eigenvalue weighted by Crippen LogP contribution is 2.42. The van der Waals surface area contributed by atoms with Gasteiger partial charge in [-0.1, -0.05) is 39.0 Å². The lowest BCUT2D eigenvalue weighted by atomic mass is 9.68. The third kappa shape index (κ3) is 5.23. The number of fused-ring (bicyclic) bond motifs is 1. The van der Waals surface area contributed by atoms with Crippen LogP contribution in [0.25, 0.3) is 6.08 Å². The van der Waals surface area contributed by atoms with E-state index in [0.29, 0.717) is 12.2 Å². The highest BCUT2D eigenvalue weighted by atomic mass is 19.2. The first-order valence-corrected chi connectivity index (χ1v) is 12.5. The van der Waals surface area contributed by atoms with Crippen molar-refractivity contribution >= 4 is 12.0 Å². The Kier molecular flexibility index (Phi) is 7.63. The minimum Gasteiger partial charge on any atom is -0.431 e. The molecule has 0 unspecified atom stereocenters. The predicted octanol–water partition coefficient (Wildman–Crippen LogP) is 7.74. The molecule has 2 saturated carbocycles. The van der Waals surface area contributed by atoms with Crippen LogP contribution in [0.1, 0.15) is 95.1 Å². The number of halogens is 3. The van der Waals surface area contributed by atoms with Crippen LogP contribution in [0.2, 0.25) is 0 Å². The minimum absolute atomic E-state index is 0.101. The Morgan fingerprint density at radius 3 is 2.25 bits per heavy atom. The van der Waals surface area contributed by atoms with Crippen molar-refractivity contribution in [1.29, 1.82) is 0 Å². The number of carbonyl (C=O) groups is 1. The molecule has 0 aliphatic heterocycles. The molecule has 0 atom stereocenters. The molecule has 0 spiro atoms. The number of hydrogen-bond donors (Lipinski definition) is 0. The summed E-state index contributed by atoms with van der Waals surface area (Å²) in [5.41, 5.74) is 0.405. The Bertz CT molecular complexity index is 847. The van der Waals surface area contributed by atoms with E-state index in [9.17, 15) is 18.0 Å². The summed E-state index contributed by atoms with van der Waals surface area (Å²) >= 11 is 0. The number of hydrogen-bond acceptors (Lipinski definition) is 2. The fourth-order valence-electron chi connectivity index (χ4n) is 6.09. The smallest absolute Gasteiger partial charge is 0.314 e. The second-order valence-electron chi connectivity index (χ2n) is 10.1. The van der Waals surface area contributed by atoms with Gasteiger partial charge in [-0.05, 0) is 86.0 Å². The number of rotatable bonds is 6. The van der Waals surface area contributed by atoms with E-state index in [2.05, 4.69) is 6.92 Å². The van der Waals surface area contributed by atoms with Crippen molar-refractivity contribution < 1.29 is 22.7 Å². The summed E-state index contributed by atoms with van der Waals surface area (Å²) in [5, 5.41) is 0. The van der Waals surface area contributed by atoms with Gasteiger partial charge in [-0.3, -0.25) is 4.79 Å². The summed E-state index contributed by atoms with van der Waals surface area (Å²) in [7, 11) is 0. The van der Waals surface area contributed by atoms with Crippen LogP contribution >= 0.6 is 0 Å². The van der Waals surface area contributed by atoms with Gasteiger partial charge in [0.25, 0.3) is 0 Å². The molecule has 1 aromatic carbocycles. The first kappa shape index (κ1) is 23.4. The van der Waals surface area contributed by atoms with Crippen LogP contribution in [0.3, 0.4) is 0 Å². The lowest BCUT2D eigenvalue weighted by molar-refractivity contribution is -0.146. The van der Waals surface area contributed by atoms with E-state index >= 15 is 0 Å². The number of carbonyl (C=O) groups excluding carboxylic acids is 1. The summed E-state index contributed by atoms with van der Waals surface area (Å²) < 4.78 is 46.6. The molecule has 3 aliphatic carbocycles. The third-order valence-electron chi connectivity index (χ3n) is 8.10. The SMILES string of the molecule is CCCCC1CCC(C2CCC(C(=O)OC3=Cc4cc(F)c(F)c(F)c4CC3)CC2)CC1. The molecule has 0 bridgehead atoms. The predicted molar refractivity (Wildman–Crippen MR) is 119 cm³/mol. The van der Waals surface area contributed by atoms with Crippen molar-refractivity contribution in [2.24, 2.45) is 23.7 Å². The zero-order chi connectivity index (χ0) is 22.7. The van der Waals surface area contributed by atoms with Crippen molar-refractivity contribution in [3.63, 3.8) is 0 Å². The van der Waals surface area contributed by atoms with Gasteiger partial charge in [-0.25, -0.2) is 13.2 Å². The molecule has 3 aliphatic rings. The molecule has 0 radical (unpaired) electrons. The van der Waals surface area contributed by atoms with E-state index in [1.165, 1.54) is 51.0 Å². The van der Waals surface area contributed by atoms with Gasteiger partial charge in [0.15, 0.2) is 17.5 Å². The fourth-order valence-corrected chi connectivity index (χ4v) is 6.09. The molecule has 176 valence electrons. The van der Waals surface area contributed by atoms with E-state index in [1.54, 1.807) is 0 Å². The topological polar surface area (TPSA) is 26.3 Å². The van der Waals surface area contributed by atoms with Crippen LogP contribution in [0, 0.1) is 41.1 Å². The number of ether oxygens (including phenoxy) is 1. The zero-order valence-corrected chi connectivity index (χ0v) is 19.1. The summed E-state index contributed by atoms with van der Waals surface area (Å²) in [6, 6.07) is 0.975. The molecule has 0 N–H and O–H groups in total. The molecule has 0 aromatic heterocycles. The van der Waals surface area contributed by atoms with Gasteiger partial charge in [-0.15, -0.1) is 0 Å². The van der Waals surface area contributed by atoms with Crippen molar-refractivity contribution in [3.8, 4) is 0 Å². The lowest BCUT2D eigenvalue weighted by Gasteiger charge is -2.37. The molecular formula is C27H35F3O2. The molecule has 4 rings (SSSR count). The monoisotopic (exact) mass is 448 g/mol. The summed E-state index contributed by atoms with van der Waals surface area (Å²) in [6.45, 7) is 2.26. The molecule has 2 nitrogen and oxygen atoms in total. The standard InChI is InChI=1S/C27H35F3O2/c1-2-3-4-17-5-7-18(8-6-17)19-9-11-20(12-10-19)27(31)32-22-13-14-23-21(15-22)16-24(28)26(30)25(23)29/h15-20H,2-14H2,1H3. The highest BCUT2D eigenvalue weighted by Gasteiger charge is 2.34. The Morgan fingerprint density at radius 1 is 0.938 bits per heavy atom. The molecule has 2 fully saturated rings. The molecule has 1 aromatic rings. The molecule has 0 saturated heterocycles. The van der Waals surface area contributed by atoms with Crippen molar-refractivity contribution in [2.45, 2.75) is 90.4 Å². The van der Waals surface area contributed by atoms with Gasteiger partial charge in [0.1, 0.15) is 5.76 Å². The lowest BCUT2D eigenvalue weighted by Crippen LogP contribution is -2.29. The Balaban J connectivity index is 1.27. The Labute approximate surface area is 189 Å². The fraction of sp³-hybridized carbons (Fsp3) is 0.667. The van der Waals surface area contributed by atoms with Crippen LogP contribution in [-0.2, 0) is 16.0 Å². The van der Waals surface area contributed by atoms with E-state index in [-0.39, 0.29) is 29.4 Å². The Morgan fingerprint density at radius 2 is 1.59 bits per heavy atom. The average Bonchev–Trinajstić information content (AvgIpc) is 2.81. The van der Waals surface area contributed by atoms with Crippen LogP contribution in [0.5, 0.6) is 0 Å². The largest absolute Gasteiger partial charge is 0.431 e. The number of allylic oxidation sites excluding steroid dienone is 1. The van der Waals surface area contributed by atoms with Crippen molar-refractivity contribution in [1.82, 2.24) is 0 Å². The maximum absolute atomic E-state index is 13.9. The third-order valence-corrected chi connectivity index (χ3v) is 8.10.